The monoisotopic (exact) mass is 348 g/mol. The van der Waals surface area contributed by atoms with Crippen molar-refractivity contribution in [2.24, 2.45) is 0 Å². The minimum Gasteiger partial charge on any atom is -0.311 e. The highest BCUT2D eigenvalue weighted by Gasteiger charge is 2.37. The van der Waals surface area contributed by atoms with Crippen LogP contribution in [0.15, 0.2) is 24.3 Å². The molecule has 0 amide bonds. The molecule has 23 heavy (non-hydrogen) atoms. The van der Waals surface area contributed by atoms with Gasteiger partial charge in [0.15, 0.2) is 0 Å². The summed E-state index contributed by atoms with van der Waals surface area (Å²) in [5.74, 6) is -0.651. The summed E-state index contributed by atoms with van der Waals surface area (Å²) >= 11 is 0. The van der Waals surface area contributed by atoms with Crippen molar-refractivity contribution in [2.45, 2.75) is 55.7 Å². The third-order valence-electron chi connectivity index (χ3n) is 4.49. The second kappa shape index (κ2) is 6.07. The number of alkyl halides is 3. The molecule has 2 aliphatic heterocycles. The predicted octanol–water partition coefficient (Wildman–Crippen LogP) is 2.41. The van der Waals surface area contributed by atoms with Crippen LogP contribution in [0.25, 0.3) is 0 Å². The molecule has 1 aromatic carbocycles. The maximum atomic E-state index is 13.0. The lowest BCUT2D eigenvalue weighted by Gasteiger charge is -2.29. The zero-order chi connectivity index (χ0) is 16.7. The Morgan fingerprint density at radius 3 is 2.35 bits per heavy atom. The van der Waals surface area contributed by atoms with Crippen LogP contribution in [0.2, 0.25) is 0 Å². The van der Waals surface area contributed by atoms with E-state index in [2.05, 4.69) is 10.0 Å². The first-order valence-electron chi connectivity index (χ1n) is 7.64. The van der Waals surface area contributed by atoms with Gasteiger partial charge in [0.2, 0.25) is 10.0 Å². The summed E-state index contributed by atoms with van der Waals surface area (Å²) in [4.78, 5) is 0. The maximum absolute atomic E-state index is 13.0. The van der Waals surface area contributed by atoms with E-state index < -0.39 is 27.5 Å². The highest BCUT2D eigenvalue weighted by atomic mass is 32.2. The molecule has 4 nitrogen and oxygen atoms in total. The molecular formula is C15H19F3N2O2S. The Bertz CT molecular complexity index is 664. The lowest BCUT2D eigenvalue weighted by atomic mass is 10.0. The minimum atomic E-state index is -4.56. The van der Waals surface area contributed by atoms with E-state index in [0.29, 0.717) is 24.9 Å². The van der Waals surface area contributed by atoms with Crippen LogP contribution in [0.5, 0.6) is 0 Å². The Hall–Kier alpha value is -1.12. The Labute approximate surface area is 133 Å². The van der Waals surface area contributed by atoms with E-state index in [4.69, 9.17) is 0 Å². The number of rotatable bonds is 4. The van der Waals surface area contributed by atoms with Crippen LogP contribution in [0.3, 0.4) is 0 Å². The number of benzene rings is 1. The number of halogens is 3. The molecule has 2 atom stereocenters. The molecule has 2 saturated heterocycles. The highest BCUT2D eigenvalue weighted by molar-refractivity contribution is 7.88. The number of sulfonamides is 1. The van der Waals surface area contributed by atoms with Gasteiger partial charge in [-0.25, -0.2) is 13.1 Å². The van der Waals surface area contributed by atoms with Crippen molar-refractivity contribution in [1.82, 2.24) is 10.0 Å². The van der Waals surface area contributed by atoms with E-state index in [0.717, 1.165) is 18.9 Å². The largest absolute Gasteiger partial charge is 0.416 e. The van der Waals surface area contributed by atoms with E-state index in [-0.39, 0.29) is 11.6 Å². The second-order valence-electron chi connectivity index (χ2n) is 6.34. The van der Waals surface area contributed by atoms with Gasteiger partial charge in [-0.1, -0.05) is 18.2 Å². The fraction of sp³-hybridized carbons (Fsp3) is 0.600. The van der Waals surface area contributed by atoms with Crippen LogP contribution in [-0.2, 0) is 22.0 Å². The molecule has 128 valence electrons. The Morgan fingerprint density at radius 1 is 1.13 bits per heavy atom. The number of hydrogen-bond acceptors (Lipinski definition) is 3. The van der Waals surface area contributed by atoms with E-state index in [9.17, 15) is 21.6 Å². The number of hydrogen-bond donors (Lipinski definition) is 2. The smallest absolute Gasteiger partial charge is 0.311 e. The molecule has 0 spiro atoms. The van der Waals surface area contributed by atoms with Crippen LogP contribution in [0, 0.1) is 0 Å². The molecule has 0 aromatic heterocycles. The van der Waals surface area contributed by atoms with Crippen molar-refractivity contribution in [2.75, 3.05) is 0 Å². The first-order chi connectivity index (χ1) is 10.7. The van der Waals surface area contributed by atoms with Gasteiger partial charge in [0.1, 0.15) is 0 Å². The number of fused-ring (bicyclic) bond motifs is 2. The maximum Gasteiger partial charge on any atom is 0.416 e. The predicted molar refractivity (Wildman–Crippen MR) is 80.2 cm³/mol. The molecule has 2 heterocycles. The molecule has 0 radical (unpaired) electrons. The van der Waals surface area contributed by atoms with E-state index in [1.54, 1.807) is 0 Å². The van der Waals surface area contributed by atoms with Crippen molar-refractivity contribution >= 4 is 10.0 Å². The van der Waals surface area contributed by atoms with Gasteiger partial charge in [-0.2, -0.15) is 13.2 Å². The van der Waals surface area contributed by atoms with Crippen molar-refractivity contribution < 1.29 is 21.6 Å². The topological polar surface area (TPSA) is 58.2 Å². The lowest BCUT2D eigenvalue weighted by molar-refractivity contribution is -0.138. The normalized spacial score (nSPS) is 28.0. The van der Waals surface area contributed by atoms with Crippen LogP contribution in [0.1, 0.15) is 36.8 Å². The summed E-state index contributed by atoms with van der Waals surface area (Å²) in [6.45, 7) is 0. The SMILES string of the molecule is O=S(=O)(Cc1ccccc1C(F)(F)F)NC1CC2CCC(C1)N2. The quantitative estimate of drug-likeness (QED) is 0.879. The molecule has 2 bridgehead atoms. The van der Waals surface area contributed by atoms with Gasteiger partial charge in [0.05, 0.1) is 11.3 Å². The third-order valence-corrected chi connectivity index (χ3v) is 5.87. The van der Waals surface area contributed by atoms with Crippen molar-refractivity contribution in [3.05, 3.63) is 35.4 Å². The summed E-state index contributed by atoms with van der Waals surface area (Å²) in [5, 5.41) is 3.40. The highest BCUT2D eigenvalue weighted by Crippen LogP contribution is 2.33. The van der Waals surface area contributed by atoms with E-state index in [1.807, 2.05) is 0 Å². The molecule has 0 aliphatic carbocycles. The molecule has 3 rings (SSSR count). The van der Waals surface area contributed by atoms with Gasteiger partial charge < -0.3 is 5.32 Å². The average Bonchev–Trinajstić information content (AvgIpc) is 2.76. The molecule has 1 aromatic rings. The molecule has 2 N–H and O–H groups in total. The Morgan fingerprint density at radius 2 is 1.74 bits per heavy atom. The zero-order valence-corrected chi connectivity index (χ0v) is 13.3. The van der Waals surface area contributed by atoms with Crippen LogP contribution >= 0.6 is 0 Å². The molecule has 0 saturated carbocycles. The molecule has 2 aliphatic rings. The summed E-state index contributed by atoms with van der Waals surface area (Å²) in [5.41, 5.74) is -1.11. The van der Waals surface area contributed by atoms with Gasteiger partial charge >= 0.3 is 6.18 Å². The van der Waals surface area contributed by atoms with Crippen molar-refractivity contribution in [3.63, 3.8) is 0 Å². The molecule has 2 unspecified atom stereocenters. The van der Waals surface area contributed by atoms with Gasteiger partial charge in [-0.15, -0.1) is 0 Å². The first kappa shape index (κ1) is 16.7. The third kappa shape index (κ3) is 4.05. The van der Waals surface area contributed by atoms with Gasteiger partial charge in [0, 0.05) is 18.1 Å². The summed E-state index contributed by atoms with van der Waals surface area (Å²) in [6, 6.07) is 5.23. The standard InChI is InChI=1S/C15H19F3N2O2S/c16-15(17,18)14-4-2-1-3-10(14)9-23(21,22)20-13-7-11-5-6-12(8-13)19-11/h1-4,11-13,19-20H,5-9H2. The Kier molecular flexibility index (Phi) is 4.41. The van der Waals surface area contributed by atoms with Crippen LogP contribution in [-0.4, -0.2) is 26.5 Å². The number of piperidine rings is 1. The van der Waals surface area contributed by atoms with Gasteiger partial charge in [-0.3, -0.25) is 0 Å². The minimum absolute atomic E-state index is 0.197. The second-order valence-corrected chi connectivity index (χ2v) is 8.09. The van der Waals surface area contributed by atoms with E-state index in [1.165, 1.54) is 18.2 Å². The van der Waals surface area contributed by atoms with Crippen molar-refractivity contribution in [3.8, 4) is 0 Å². The van der Waals surface area contributed by atoms with Gasteiger partial charge in [0.25, 0.3) is 0 Å². The first-order valence-corrected chi connectivity index (χ1v) is 9.29. The lowest BCUT2D eigenvalue weighted by Crippen LogP contribution is -2.48. The fourth-order valence-corrected chi connectivity index (χ4v) is 5.02. The fourth-order valence-electron chi connectivity index (χ4n) is 3.58. The molecule has 2 fully saturated rings. The summed E-state index contributed by atoms with van der Waals surface area (Å²) in [7, 11) is -3.81. The van der Waals surface area contributed by atoms with Crippen LogP contribution < -0.4 is 10.0 Å². The van der Waals surface area contributed by atoms with Gasteiger partial charge in [-0.05, 0) is 37.3 Å². The van der Waals surface area contributed by atoms with Crippen LogP contribution in [0.4, 0.5) is 13.2 Å². The Balaban J connectivity index is 1.72. The number of nitrogens with one attached hydrogen (secondary N) is 2. The van der Waals surface area contributed by atoms with Crippen molar-refractivity contribution in [1.29, 1.82) is 0 Å². The zero-order valence-electron chi connectivity index (χ0n) is 12.4. The summed E-state index contributed by atoms with van der Waals surface area (Å²) < 4.78 is 66.1. The average molecular weight is 348 g/mol. The molecular weight excluding hydrogens is 329 g/mol. The summed E-state index contributed by atoms with van der Waals surface area (Å²) in [6.07, 6.45) is -1.12. The van der Waals surface area contributed by atoms with E-state index >= 15 is 0 Å². The molecule has 8 heteroatoms.